The summed E-state index contributed by atoms with van der Waals surface area (Å²) in [5, 5.41) is 0.501. The second kappa shape index (κ2) is 5.80. The van der Waals surface area contributed by atoms with Crippen LogP contribution in [0.2, 0.25) is 5.02 Å². The average Bonchev–Trinajstić information content (AvgIpc) is 2.42. The summed E-state index contributed by atoms with van der Waals surface area (Å²) < 4.78 is 12.4. The Kier molecular flexibility index (Phi) is 4.12. The van der Waals surface area contributed by atoms with Crippen molar-refractivity contribution in [2.45, 2.75) is 0 Å². The highest BCUT2D eigenvalue weighted by Crippen LogP contribution is 2.37. The summed E-state index contributed by atoms with van der Waals surface area (Å²) in [7, 11) is 5.08. The van der Waals surface area contributed by atoms with Gasteiger partial charge in [0.05, 0.1) is 19.2 Å². The molecular formula is C14H15ClN2O2. The van der Waals surface area contributed by atoms with Crippen molar-refractivity contribution in [3.05, 3.63) is 47.0 Å². The van der Waals surface area contributed by atoms with Crippen LogP contribution in [0.1, 0.15) is 0 Å². The Morgan fingerprint density at radius 2 is 1.84 bits per heavy atom. The van der Waals surface area contributed by atoms with E-state index in [1.807, 2.05) is 36.0 Å². The van der Waals surface area contributed by atoms with Gasteiger partial charge in [0.15, 0.2) is 0 Å². The molecule has 1 aromatic heterocycles. The molecule has 0 spiro atoms. The van der Waals surface area contributed by atoms with E-state index in [0.29, 0.717) is 22.2 Å². The van der Waals surface area contributed by atoms with Crippen LogP contribution in [0.4, 0.5) is 5.69 Å². The zero-order chi connectivity index (χ0) is 13.8. The lowest BCUT2D eigenvalue weighted by atomic mass is 10.2. The summed E-state index contributed by atoms with van der Waals surface area (Å²) in [6, 6.07) is 9.24. The third kappa shape index (κ3) is 2.90. The smallest absolute Gasteiger partial charge is 0.148 e. The summed E-state index contributed by atoms with van der Waals surface area (Å²) in [6.45, 7) is 0. The number of aryl methyl sites for hydroxylation is 1. The van der Waals surface area contributed by atoms with Crippen LogP contribution in [0.25, 0.3) is 0 Å². The van der Waals surface area contributed by atoms with E-state index in [1.165, 1.54) is 0 Å². The number of aromatic nitrogens is 1. The molecule has 0 aliphatic heterocycles. The monoisotopic (exact) mass is 278 g/mol. The maximum Gasteiger partial charge on any atom is 0.148 e. The van der Waals surface area contributed by atoms with Crippen LogP contribution in [-0.2, 0) is 7.05 Å². The van der Waals surface area contributed by atoms with Gasteiger partial charge in [0.1, 0.15) is 22.7 Å². The minimum Gasteiger partial charge on any atom is -0.495 e. The molecule has 100 valence electrons. The first kappa shape index (κ1) is 13.5. The normalized spacial score (nSPS) is 11.5. The van der Waals surface area contributed by atoms with Crippen molar-refractivity contribution in [1.29, 1.82) is 0 Å². The second-order valence-corrected chi connectivity index (χ2v) is 4.35. The van der Waals surface area contributed by atoms with Gasteiger partial charge >= 0.3 is 0 Å². The quantitative estimate of drug-likeness (QED) is 0.865. The van der Waals surface area contributed by atoms with E-state index in [1.54, 1.807) is 26.4 Å². The maximum atomic E-state index is 6.12. The third-order valence-electron chi connectivity index (χ3n) is 2.72. The highest BCUT2D eigenvalue weighted by molar-refractivity contribution is 6.32. The number of benzene rings is 1. The summed E-state index contributed by atoms with van der Waals surface area (Å²) in [6.07, 6.45) is 1.93. The predicted molar refractivity (Wildman–Crippen MR) is 75.2 cm³/mol. The third-order valence-corrected chi connectivity index (χ3v) is 3.01. The summed E-state index contributed by atoms with van der Waals surface area (Å²) in [4.78, 5) is 4.55. The van der Waals surface area contributed by atoms with Crippen molar-refractivity contribution in [1.82, 2.24) is 4.57 Å². The van der Waals surface area contributed by atoms with Gasteiger partial charge in [-0.2, -0.15) is 0 Å². The number of rotatable bonds is 3. The van der Waals surface area contributed by atoms with Crippen LogP contribution in [0.15, 0.2) is 41.5 Å². The maximum absolute atomic E-state index is 6.12. The molecule has 0 radical (unpaired) electrons. The summed E-state index contributed by atoms with van der Waals surface area (Å²) in [5.74, 6) is 1.18. The van der Waals surface area contributed by atoms with Crippen molar-refractivity contribution in [2.24, 2.45) is 12.0 Å². The number of hydrogen-bond donors (Lipinski definition) is 0. The standard InChI is InChI=1S/C14H15ClN2O2/c1-17-7-5-4-6-14(17)16-11-8-10(15)12(18-2)9-13(11)19-3/h4-9H,1-3H3. The van der Waals surface area contributed by atoms with E-state index >= 15 is 0 Å². The summed E-state index contributed by atoms with van der Waals surface area (Å²) in [5.41, 5.74) is 1.47. The van der Waals surface area contributed by atoms with E-state index in [0.717, 1.165) is 5.49 Å². The molecular weight excluding hydrogens is 264 g/mol. The Bertz CT molecular complexity index is 650. The van der Waals surface area contributed by atoms with Crippen LogP contribution < -0.4 is 15.0 Å². The van der Waals surface area contributed by atoms with Gasteiger partial charge in [-0.1, -0.05) is 17.7 Å². The highest BCUT2D eigenvalue weighted by Gasteiger charge is 2.09. The van der Waals surface area contributed by atoms with Gasteiger partial charge in [0.2, 0.25) is 0 Å². The summed E-state index contributed by atoms with van der Waals surface area (Å²) >= 11 is 6.12. The molecule has 0 bridgehead atoms. The highest BCUT2D eigenvalue weighted by atomic mass is 35.5. The van der Waals surface area contributed by atoms with Crippen LogP contribution >= 0.6 is 11.6 Å². The Morgan fingerprint density at radius 3 is 2.47 bits per heavy atom. The van der Waals surface area contributed by atoms with E-state index < -0.39 is 0 Å². The Labute approximate surface area is 116 Å². The van der Waals surface area contributed by atoms with Crippen LogP contribution in [0, 0.1) is 0 Å². The van der Waals surface area contributed by atoms with Gasteiger partial charge in [-0.15, -0.1) is 0 Å². The van der Waals surface area contributed by atoms with Gasteiger partial charge in [0, 0.05) is 19.3 Å². The molecule has 0 unspecified atom stereocenters. The van der Waals surface area contributed by atoms with E-state index in [4.69, 9.17) is 21.1 Å². The van der Waals surface area contributed by atoms with Crippen molar-refractivity contribution < 1.29 is 9.47 Å². The van der Waals surface area contributed by atoms with E-state index in [-0.39, 0.29) is 0 Å². The topological polar surface area (TPSA) is 35.8 Å². The number of methoxy groups -OCH3 is 2. The number of hydrogen-bond acceptors (Lipinski definition) is 3. The molecule has 0 aliphatic carbocycles. The molecule has 1 aromatic carbocycles. The van der Waals surface area contributed by atoms with Crippen LogP contribution in [0.5, 0.6) is 11.5 Å². The number of ether oxygens (including phenoxy) is 2. The van der Waals surface area contributed by atoms with Crippen molar-refractivity contribution in [2.75, 3.05) is 14.2 Å². The molecule has 0 saturated heterocycles. The van der Waals surface area contributed by atoms with Gasteiger partial charge in [-0.25, -0.2) is 4.99 Å². The van der Waals surface area contributed by atoms with Crippen molar-refractivity contribution in [3.63, 3.8) is 0 Å². The molecule has 0 aliphatic rings. The Morgan fingerprint density at radius 1 is 1.11 bits per heavy atom. The van der Waals surface area contributed by atoms with Gasteiger partial charge < -0.3 is 14.0 Å². The first-order valence-corrected chi connectivity index (χ1v) is 6.11. The molecule has 2 aromatic rings. The molecule has 19 heavy (non-hydrogen) atoms. The van der Waals surface area contributed by atoms with Gasteiger partial charge in [-0.3, -0.25) is 0 Å². The van der Waals surface area contributed by atoms with Gasteiger partial charge in [0.25, 0.3) is 0 Å². The van der Waals surface area contributed by atoms with Crippen LogP contribution in [-0.4, -0.2) is 18.8 Å². The minimum absolute atomic E-state index is 0.501. The van der Waals surface area contributed by atoms with E-state index in [9.17, 15) is 0 Å². The van der Waals surface area contributed by atoms with E-state index in [2.05, 4.69) is 4.99 Å². The number of pyridine rings is 1. The molecule has 0 atom stereocenters. The lowest BCUT2D eigenvalue weighted by Crippen LogP contribution is -2.15. The molecule has 4 nitrogen and oxygen atoms in total. The minimum atomic E-state index is 0.501. The Hall–Kier alpha value is -1.94. The molecule has 0 N–H and O–H groups in total. The molecule has 0 fully saturated rings. The van der Waals surface area contributed by atoms with Gasteiger partial charge in [-0.05, 0) is 18.2 Å². The Balaban J connectivity index is 2.60. The first-order valence-electron chi connectivity index (χ1n) is 5.73. The van der Waals surface area contributed by atoms with Crippen LogP contribution in [0.3, 0.4) is 0 Å². The SMILES string of the molecule is COc1cc(OC)c(N=c2ccccn2C)cc1Cl. The fraction of sp³-hybridized carbons (Fsp3) is 0.214. The predicted octanol–water partition coefficient (Wildman–Crippen LogP) is 2.93. The fourth-order valence-electron chi connectivity index (χ4n) is 1.69. The molecule has 1 heterocycles. The van der Waals surface area contributed by atoms with Crippen molar-refractivity contribution in [3.8, 4) is 11.5 Å². The molecule has 2 rings (SSSR count). The molecule has 0 saturated carbocycles. The molecule has 0 amide bonds. The van der Waals surface area contributed by atoms with Crippen molar-refractivity contribution >= 4 is 17.3 Å². The second-order valence-electron chi connectivity index (χ2n) is 3.94. The average molecular weight is 279 g/mol. The zero-order valence-electron chi connectivity index (χ0n) is 11.1. The fourth-order valence-corrected chi connectivity index (χ4v) is 1.92. The lowest BCUT2D eigenvalue weighted by Gasteiger charge is -2.09. The number of nitrogens with zero attached hydrogens (tertiary/aromatic N) is 2. The first-order chi connectivity index (χ1) is 9.15. The largest absolute Gasteiger partial charge is 0.495 e. The lowest BCUT2D eigenvalue weighted by molar-refractivity contribution is 0.395. The molecule has 5 heteroatoms. The zero-order valence-corrected chi connectivity index (χ0v) is 11.8. The number of halogens is 1.